The Labute approximate surface area is 112 Å². The van der Waals surface area contributed by atoms with Crippen LogP contribution in [-0.4, -0.2) is 11.0 Å². The van der Waals surface area contributed by atoms with Gasteiger partial charge in [-0.15, -0.1) is 0 Å². The molecule has 2 rings (SSSR count). The molecule has 2 aromatic rings. The minimum atomic E-state index is -0.577. The molecule has 19 heavy (non-hydrogen) atoms. The second-order valence-corrected chi connectivity index (χ2v) is 5.40. The SMILES string of the molecule is Cc1nc(-c2ccccc2)oc1OC(=O)C(C)(C)C. The molecule has 0 radical (unpaired) electrons. The van der Waals surface area contributed by atoms with Gasteiger partial charge in [-0.1, -0.05) is 18.2 Å². The molecule has 100 valence electrons. The third kappa shape index (κ3) is 3.02. The van der Waals surface area contributed by atoms with Crippen molar-refractivity contribution in [2.24, 2.45) is 5.41 Å². The summed E-state index contributed by atoms with van der Waals surface area (Å²) >= 11 is 0. The van der Waals surface area contributed by atoms with Gasteiger partial charge in [-0.05, 0) is 39.8 Å². The average Bonchev–Trinajstić information content (AvgIpc) is 2.71. The van der Waals surface area contributed by atoms with E-state index in [1.807, 2.05) is 30.3 Å². The Morgan fingerprint density at radius 3 is 2.42 bits per heavy atom. The highest BCUT2D eigenvalue weighted by molar-refractivity contribution is 5.77. The maximum atomic E-state index is 11.8. The van der Waals surface area contributed by atoms with Crippen LogP contribution >= 0.6 is 0 Å². The van der Waals surface area contributed by atoms with Crippen molar-refractivity contribution in [3.8, 4) is 17.4 Å². The second kappa shape index (κ2) is 4.88. The Hall–Kier alpha value is -2.10. The molecule has 0 aliphatic rings. The second-order valence-electron chi connectivity index (χ2n) is 5.40. The van der Waals surface area contributed by atoms with Crippen molar-refractivity contribution in [3.05, 3.63) is 36.0 Å². The summed E-state index contributed by atoms with van der Waals surface area (Å²) in [6, 6.07) is 9.49. The van der Waals surface area contributed by atoms with Gasteiger partial charge in [0.05, 0.1) is 5.41 Å². The van der Waals surface area contributed by atoms with Gasteiger partial charge in [0.15, 0.2) is 0 Å². The van der Waals surface area contributed by atoms with Crippen molar-refractivity contribution < 1.29 is 13.9 Å². The summed E-state index contributed by atoms with van der Waals surface area (Å²) < 4.78 is 10.8. The number of aryl methyl sites for hydroxylation is 1. The molecule has 4 nitrogen and oxygen atoms in total. The normalized spacial score (nSPS) is 11.4. The quantitative estimate of drug-likeness (QED) is 0.773. The Morgan fingerprint density at radius 2 is 1.84 bits per heavy atom. The van der Waals surface area contributed by atoms with Gasteiger partial charge in [-0.25, -0.2) is 4.98 Å². The molecular formula is C15H17NO3. The van der Waals surface area contributed by atoms with Crippen molar-refractivity contribution in [2.75, 3.05) is 0 Å². The first-order valence-corrected chi connectivity index (χ1v) is 6.13. The van der Waals surface area contributed by atoms with E-state index >= 15 is 0 Å². The Balaban J connectivity index is 2.25. The first kappa shape index (κ1) is 13.3. The first-order chi connectivity index (χ1) is 8.88. The monoisotopic (exact) mass is 259 g/mol. The Kier molecular flexibility index (Phi) is 3.42. The standard InChI is InChI=1S/C15H17NO3/c1-10-13(19-14(17)15(2,3)4)18-12(16-10)11-8-6-5-7-9-11/h5-9H,1-4H3. The molecule has 0 saturated carbocycles. The van der Waals surface area contributed by atoms with Gasteiger partial charge in [0, 0.05) is 5.56 Å². The van der Waals surface area contributed by atoms with Crippen LogP contribution in [0.1, 0.15) is 26.5 Å². The van der Waals surface area contributed by atoms with Crippen LogP contribution < -0.4 is 4.74 Å². The number of rotatable bonds is 2. The van der Waals surface area contributed by atoms with Gasteiger partial charge >= 0.3 is 11.9 Å². The lowest BCUT2D eigenvalue weighted by Crippen LogP contribution is -2.25. The van der Waals surface area contributed by atoms with Crippen molar-refractivity contribution in [1.29, 1.82) is 0 Å². The molecule has 0 amide bonds. The number of oxazole rings is 1. The largest absolute Gasteiger partial charge is 0.405 e. The summed E-state index contributed by atoms with van der Waals surface area (Å²) in [5.41, 5.74) is 0.840. The predicted octanol–water partition coefficient (Wildman–Crippen LogP) is 3.60. The molecule has 0 bridgehead atoms. The van der Waals surface area contributed by atoms with E-state index in [0.29, 0.717) is 11.6 Å². The molecule has 0 aliphatic heterocycles. The number of hydrogen-bond donors (Lipinski definition) is 0. The number of benzene rings is 1. The maximum absolute atomic E-state index is 11.8. The third-order valence-electron chi connectivity index (χ3n) is 2.57. The number of aromatic nitrogens is 1. The molecular weight excluding hydrogens is 242 g/mol. The number of carbonyl (C=O) groups is 1. The van der Waals surface area contributed by atoms with Crippen molar-refractivity contribution in [2.45, 2.75) is 27.7 Å². The highest BCUT2D eigenvalue weighted by Gasteiger charge is 2.26. The van der Waals surface area contributed by atoms with Gasteiger partial charge in [-0.3, -0.25) is 4.79 Å². The van der Waals surface area contributed by atoms with Crippen LogP contribution in [-0.2, 0) is 4.79 Å². The number of hydrogen-bond acceptors (Lipinski definition) is 4. The summed E-state index contributed by atoms with van der Waals surface area (Å²) in [6.07, 6.45) is 0. The number of ether oxygens (including phenoxy) is 1. The van der Waals surface area contributed by atoms with E-state index in [1.54, 1.807) is 27.7 Å². The zero-order valence-electron chi connectivity index (χ0n) is 11.6. The molecule has 0 saturated heterocycles. The molecule has 0 N–H and O–H groups in total. The van der Waals surface area contributed by atoms with Crippen molar-refractivity contribution in [1.82, 2.24) is 4.98 Å². The fraction of sp³-hybridized carbons (Fsp3) is 0.333. The summed E-state index contributed by atoms with van der Waals surface area (Å²) in [5.74, 6) is 0.278. The molecule has 0 unspecified atom stereocenters. The zero-order chi connectivity index (χ0) is 14.0. The minimum Gasteiger partial charge on any atom is -0.405 e. The molecule has 0 aliphatic carbocycles. The summed E-state index contributed by atoms with van der Waals surface area (Å²) in [5, 5.41) is 0. The molecule has 1 aromatic heterocycles. The van der Waals surface area contributed by atoms with Crippen LogP contribution in [0.3, 0.4) is 0 Å². The van der Waals surface area contributed by atoms with E-state index in [9.17, 15) is 4.79 Å². The fourth-order valence-electron chi connectivity index (χ4n) is 1.42. The van der Waals surface area contributed by atoms with E-state index in [1.165, 1.54) is 0 Å². The topological polar surface area (TPSA) is 52.3 Å². The zero-order valence-corrected chi connectivity index (χ0v) is 11.6. The number of esters is 1. The maximum Gasteiger partial charge on any atom is 0.319 e. The predicted molar refractivity (Wildman–Crippen MR) is 71.8 cm³/mol. The molecule has 1 heterocycles. The Bertz CT molecular complexity index is 579. The highest BCUT2D eigenvalue weighted by atomic mass is 16.6. The van der Waals surface area contributed by atoms with Crippen LogP contribution in [0.15, 0.2) is 34.7 Å². The van der Waals surface area contributed by atoms with E-state index in [2.05, 4.69) is 4.98 Å². The average molecular weight is 259 g/mol. The molecule has 0 fully saturated rings. The van der Waals surface area contributed by atoms with E-state index in [4.69, 9.17) is 9.15 Å². The van der Waals surface area contributed by atoms with Crippen LogP contribution in [0.5, 0.6) is 5.95 Å². The third-order valence-corrected chi connectivity index (χ3v) is 2.57. The summed E-state index contributed by atoms with van der Waals surface area (Å²) in [7, 11) is 0. The summed E-state index contributed by atoms with van der Waals surface area (Å²) in [6.45, 7) is 7.12. The number of nitrogens with zero attached hydrogens (tertiary/aromatic N) is 1. The van der Waals surface area contributed by atoms with E-state index in [0.717, 1.165) is 5.56 Å². The van der Waals surface area contributed by atoms with Gasteiger partial charge in [0.25, 0.3) is 0 Å². The van der Waals surface area contributed by atoms with Crippen LogP contribution in [0.2, 0.25) is 0 Å². The van der Waals surface area contributed by atoms with Crippen LogP contribution in [0, 0.1) is 12.3 Å². The first-order valence-electron chi connectivity index (χ1n) is 6.13. The van der Waals surface area contributed by atoms with Gasteiger partial charge in [0.2, 0.25) is 5.89 Å². The van der Waals surface area contributed by atoms with Gasteiger partial charge in [0.1, 0.15) is 5.69 Å². The molecule has 1 aromatic carbocycles. The van der Waals surface area contributed by atoms with E-state index < -0.39 is 5.41 Å². The van der Waals surface area contributed by atoms with Crippen molar-refractivity contribution >= 4 is 5.97 Å². The highest BCUT2D eigenvalue weighted by Crippen LogP contribution is 2.28. The molecule has 0 spiro atoms. The lowest BCUT2D eigenvalue weighted by atomic mass is 9.97. The molecule has 0 atom stereocenters. The lowest BCUT2D eigenvalue weighted by molar-refractivity contribution is -0.144. The van der Waals surface area contributed by atoms with Crippen LogP contribution in [0.25, 0.3) is 11.5 Å². The van der Waals surface area contributed by atoms with Crippen LogP contribution in [0.4, 0.5) is 0 Å². The minimum absolute atomic E-state index is 0.166. The van der Waals surface area contributed by atoms with Gasteiger partial charge in [-0.2, -0.15) is 0 Å². The van der Waals surface area contributed by atoms with E-state index in [-0.39, 0.29) is 11.9 Å². The summed E-state index contributed by atoms with van der Waals surface area (Å²) in [4.78, 5) is 16.1. The fourth-order valence-corrected chi connectivity index (χ4v) is 1.42. The number of carbonyl (C=O) groups excluding carboxylic acids is 1. The Morgan fingerprint density at radius 1 is 1.21 bits per heavy atom. The van der Waals surface area contributed by atoms with Crippen molar-refractivity contribution in [3.63, 3.8) is 0 Å². The van der Waals surface area contributed by atoms with Gasteiger partial charge < -0.3 is 9.15 Å². The molecule has 4 heteroatoms. The smallest absolute Gasteiger partial charge is 0.319 e. The lowest BCUT2D eigenvalue weighted by Gasteiger charge is -2.14.